The third-order valence-corrected chi connectivity index (χ3v) is 22.5. The molecule has 0 bridgehead atoms. The number of esters is 4. The van der Waals surface area contributed by atoms with Crippen LogP contribution in [-0.2, 0) is 65.4 Å². The van der Waals surface area contributed by atoms with Crippen molar-refractivity contribution < 1.29 is 80.2 Å². The Kier molecular flexibility index (Phi) is 76.6. The molecule has 0 aliphatic rings. The Bertz CT molecular complexity index is 2060. The molecule has 0 aromatic heterocycles. The zero-order chi connectivity index (χ0) is 78.6. The average molecular weight is 1560 g/mol. The Labute approximate surface area is 658 Å². The Hall–Kier alpha value is -1.94. The summed E-state index contributed by atoms with van der Waals surface area (Å²) in [5.74, 6) is 0.321. The van der Waals surface area contributed by atoms with Crippen molar-refractivity contribution in [3.05, 3.63) is 0 Å². The highest BCUT2D eigenvalue weighted by molar-refractivity contribution is 7.47. The number of aliphatic hydroxyl groups excluding tert-OH is 1. The van der Waals surface area contributed by atoms with E-state index in [1.807, 2.05) is 0 Å². The Morgan fingerprint density at radius 1 is 0.252 bits per heavy atom. The second kappa shape index (κ2) is 78.0. The first-order chi connectivity index (χ1) is 51.7. The number of unbranched alkanes of at least 4 members (excludes halogenated alkanes) is 54. The summed E-state index contributed by atoms with van der Waals surface area (Å²) in [7, 11) is -9.93. The van der Waals surface area contributed by atoms with Crippen LogP contribution in [0.15, 0.2) is 0 Å². The maximum atomic E-state index is 13.2. The number of ether oxygens (including phenoxy) is 4. The average Bonchev–Trinajstić information content (AvgIpc) is 0.902. The van der Waals surface area contributed by atoms with E-state index >= 15 is 0 Å². The van der Waals surface area contributed by atoms with Crippen molar-refractivity contribution in [2.24, 2.45) is 17.8 Å². The molecule has 3 N–H and O–H groups in total. The van der Waals surface area contributed by atoms with Crippen LogP contribution in [0.1, 0.15) is 466 Å². The van der Waals surface area contributed by atoms with Crippen molar-refractivity contribution in [2.75, 3.05) is 39.6 Å². The van der Waals surface area contributed by atoms with Gasteiger partial charge in [-0.3, -0.25) is 37.3 Å². The molecule has 19 heteroatoms. The van der Waals surface area contributed by atoms with E-state index in [4.69, 9.17) is 37.0 Å². The summed E-state index contributed by atoms with van der Waals surface area (Å²) in [6.45, 7) is 12.1. The van der Waals surface area contributed by atoms with Crippen molar-refractivity contribution in [3.8, 4) is 0 Å². The molecule has 0 spiro atoms. The molecule has 5 atom stereocenters. The first-order valence-electron chi connectivity index (χ1n) is 45.3. The second-order valence-electron chi connectivity index (χ2n) is 33.1. The normalized spacial score (nSPS) is 13.8. The summed E-state index contributed by atoms with van der Waals surface area (Å²) in [5.41, 5.74) is 0. The summed E-state index contributed by atoms with van der Waals surface area (Å²) in [5, 5.41) is 10.7. The fraction of sp³-hybridized carbons (Fsp3) is 0.955. The van der Waals surface area contributed by atoms with Gasteiger partial charge in [-0.1, -0.05) is 414 Å². The molecular formula is C88H172O17P2. The highest BCUT2D eigenvalue weighted by Crippen LogP contribution is 2.45. The van der Waals surface area contributed by atoms with Gasteiger partial charge < -0.3 is 33.8 Å². The Morgan fingerprint density at radius 2 is 0.430 bits per heavy atom. The molecule has 0 amide bonds. The number of hydrogen-bond donors (Lipinski definition) is 3. The topological polar surface area (TPSA) is 237 Å². The summed E-state index contributed by atoms with van der Waals surface area (Å²) in [6, 6.07) is 0. The smallest absolute Gasteiger partial charge is 0.462 e. The number of carbonyl (C=O) groups is 4. The maximum Gasteiger partial charge on any atom is 0.472 e. The van der Waals surface area contributed by atoms with E-state index in [0.717, 1.165) is 108 Å². The van der Waals surface area contributed by atoms with E-state index in [1.54, 1.807) is 0 Å². The van der Waals surface area contributed by atoms with Gasteiger partial charge in [0.2, 0.25) is 0 Å². The number of rotatable bonds is 86. The zero-order valence-electron chi connectivity index (χ0n) is 70.6. The van der Waals surface area contributed by atoms with Gasteiger partial charge in [-0.15, -0.1) is 0 Å². The molecule has 0 fully saturated rings. The molecule has 636 valence electrons. The lowest BCUT2D eigenvalue weighted by Gasteiger charge is -2.21. The number of phosphoric acid groups is 2. The Morgan fingerprint density at radius 3 is 0.636 bits per heavy atom. The molecule has 0 aliphatic heterocycles. The van der Waals surface area contributed by atoms with Crippen molar-refractivity contribution in [3.63, 3.8) is 0 Å². The summed E-state index contributed by atoms with van der Waals surface area (Å²) in [6.07, 6.45) is 69.4. The van der Waals surface area contributed by atoms with Gasteiger partial charge >= 0.3 is 39.5 Å². The third-order valence-electron chi connectivity index (χ3n) is 20.6. The van der Waals surface area contributed by atoms with Gasteiger partial charge in [-0.05, 0) is 43.4 Å². The number of hydrogen-bond acceptors (Lipinski definition) is 15. The molecule has 0 radical (unpaired) electrons. The van der Waals surface area contributed by atoms with Crippen molar-refractivity contribution in [2.45, 2.75) is 484 Å². The van der Waals surface area contributed by atoms with Crippen LogP contribution in [0.2, 0.25) is 0 Å². The van der Waals surface area contributed by atoms with Gasteiger partial charge in [0.1, 0.15) is 19.3 Å². The van der Waals surface area contributed by atoms with Crippen LogP contribution < -0.4 is 0 Å². The van der Waals surface area contributed by atoms with Gasteiger partial charge in [0.15, 0.2) is 12.2 Å². The minimum Gasteiger partial charge on any atom is -0.462 e. The van der Waals surface area contributed by atoms with E-state index in [-0.39, 0.29) is 25.7 Å². The molecule has 0 heterocycles. The minimum absolute atomic E-state index is 0.108. The molecule has 2 unspecified atom stereocenters. The van der Waals surface area contributed by atoms with Crippen LogP contribution in [0, 0.1) is 17.8 Å². The fourth-order valence-corrected chi connectivity index (χ4v) is 15.3. The van der Waals surface area contributed by atoms with Crippen molar-refractivity contribution in [1.82, 2.24) is 0 Å². The Balaban J connectivity index is 5.24. The first kappa shape index (κ1) is 105. The highest BCUT2D eigenvalue weighted by atomic mass is 31.2. The van der Waals surface area contributed by atoms with E-state index in [9.17, 15) is 43.2 Å². The largest absolute Gasteiger partial charge is 0.472 e. The zero-order valence-corrected chi connectivity index (χ0v) is 72.4. The molecule has 17 nitrogen and oxygen atoms in total. The third kappa shape index (κ3) is 81.9. The predicted molar refractivity (Wildman–Crippen MR) is 441 cm³/mol. The van der Waals surface area contributed by atoms with Gasteiger partial charge in [-0.2, -0.15) is 0 Å². The van der Waals surface area contributed by atoms with Crippen LogP contribution >= 0.6 is 15.6 Å². The summed E-state index contributed by atoms with van der Waals surface area (Å²) >= 11 is 0. The minimum atomic E-state index is -4.97. The number of aliphatic hydroxyl groups is 1. The van der Waals surface area contributed by atoms with E-state index in [0.29, 0.717) is 25.7 Å². The van der Waals surface area contributed by atoms with Crippen molar-refractivity contribution in [1.29, 1.82) is 0 Å². The lowest BCUT2D eigenvalue weighted by molar-refractivity contribution is -0.161. The molecular weight excluding hydrogens is 1390 g/mol. The number of carbonyl (C=O) groups excluding carboxylic acids is 4. The highest BCUT2D eigenvalue weighted by Gasteiger charge is 2.31. The van der Waals surface area contributed by atoms with Gasteiger partial charge in [0, 0.05) is 25.7 Å². The first-order valence-corrected chi connectivity index (χ1v) is 48.3. The standard InChI is InChI=1S/C88H172O17P2/c1-8-9-10-11-12-13-31-41-48-55-62-69-85(90)98-75-83(104-88(93)72-65-58-51-44-37-30-24-23-27-34-40-47-54-61-68-81(6)7)77-102-106(94,95)100-73-82(89)74-101-107(96,97)103-78-84(76-99-86(91)70-63-56-49-42-35-28-22-18-20-26-33-39-46-53-60-67-80(4)5)105-87(92)71-64-57-50-43-36-29-21-17-15-14-16-19-25-32-38-45-52-59-66-79(2)3/h79-84,89H,8-78H2,1-7H3,(H,94,95)(H,96,97)/t82-,83+,84+/m0/s1. The lowest BCUT2D eigenvalue weighted by atomic mass is 10.0. The lowest BCUT2D eigenvalue weighted by Crippen LogP contribution is -2.30. The molecule has 0 saturated carbocycles. The van der Waals surface area contributed by atoms with Gasteiger partial charge in [0.25, 0.3) is 0 Å². The quantitative estimate of drug-likeness (QED) is 0.0222. The van der Waals surface area contributed by atoms with Crippen LogP contribution in [0.4, 0.5) is 0 Å². The monoisotopic (exact) mass is 1560 g/mol. The molecule has 0 rings (SSSR count). The second-order valence-corrected chi connectivity index (χ2v) is 36.0. The van der Waals surface area contributed by atoms with Crippen LogP contribution in [0.25, 0.3) is 0 Å². The fourth-order valence-electron chi connectivity index (χ4n) is 13.7. The number of phosphoric ester groups is 2. The van der Waals surface area contributed by atoms with Crippen LogP contribution in [0.3, 0.4) is 0 Å². The SMILES string of the molecule is CCCCCCCCCCCCCC(=O)OC[C@H](COP(=O)(O)OC[C@H](O)COP(=O)(O)OC[C@@H](COC(=O)CCCCCCCCCCCCCCCCCC(C)C)OC(=O)CCCCCCCCCCCCCCCCCCCCC(C)C)OC(=O)CCCCCCCCCCCCCCCCC(C)C. The van der Waals surface area contributed by atoms with E-state index < -0.39 is 97.5 Å². The van der Waals surface area contributed by atoms with Crippen molar-refractivity contribution >= 4 is 39.5 Å². The molecule has 0 aromatic carbocycles. The van der Waals surface area contributed by atoms with Crippen LogP contribution in [-0.4, -0.2) is 96.7 Å². The maximum absolute atomic E-state index is 13.2. The molecule has 107 heavy (non-hydrogen) atoms. The van der Waals surface area contributed by atoms with E-state index in [1.165, 1.54) is 276 Å². The van der Waals surface area contributed by atoms with Gasteiger partial charge in [-0.25, -0.2) is 9.13 Å². The van der Waals surface area contributed by atoms with Gasteiger partial charge in [0.05, 0.1) is 26.4 Å². The summed E-state index contributed by atoms with van der Waals surface area (Å²) in [4.78, 5) is 73.3. The molecule has 0 aliphatic carbocycles. The molecule has 0 aromatic rings. The predicted octanol–water partition coefficient (Wildman–Crippen LogP) is 26.9. The van der Waals surface area contributed by atoms with Crippen LogP contribution in [0.5, 0.6) is 0 Å². The molecule has 0 saturated heterocycles. The van der Waals surface area contributed by atoms with E-state index in [2.05, 4.69) is 48.5 Å². The summed E-state index contributed by atoms with van der Waals surface area (Å²) < 4.78 is 69.0.